The zero-order valence-corrected chi connectivity index (χ0v) is 10.00. The van der Waals surface area contributed by atoms with Crippen molar-refractivity contribution < 1.29 is 9.84 Å². The maximum atomic E-state index is 8.48. The van der Waals surface area contributed by atoms with Crippen LogP contribution in [0.2, 0.25) is 0 Å². The molecule has 0 aromatic carbocycles. The molecular weight excluding hydrogens is 246 g/mol. The fourth-order valence-electron chi connectivity index (χ4n) is 0.682. The molecule has 0 saturated heterocycles. The molecule has 0 aliphatic heterocycles. The number of unbranched alkanes of at least 4 members (excludes halogenated alkanes) is 2. The average molecular weight is 260 g/mol. The summed E-state index contributed by atoms with van der Waals surface area (Å²) in [5, 5.41) is 8.48. The lowest BCUT2D eigenvalue weighted by atomic mass is 10.2. The van der Waals surface area contributed by atoms with Crippen LogP contribution >= 0.6 is 34.8 Å². The first-order valence-electron chi connectivity index (χ1n) is 4.27. The van der Waals surface area contributed by atoms with E-state index in [4.69, 9.17) is 44.6 Å². The minimum absolute atomic E-state index is 0.0446. The molecule has 0 aliphatic carbocycles. The number of aliphatic hydroxyl groups is 1. The van der Waals surface area contributed by atoms with Gasteiger partial charge in [0.15, 0.2) is 0 Å². The van der Waals surface area contributed by atoms with Gasteiger partial charge in [0.05, 0.1) is 6.61 Å². The highest BCUT2D eigenvalue weighted by molar-refractivity contribution is 6.67. The van der Waals surface area contributed by atoms with Crippen LogP contribution in [0, 0.1) is 11.8 Å². The van der Waals surface area contributed by atoms with Gasteiger partial charge in [0, 0.05) is 13.0 Å². The summed E-state index contributed by atoms with van der Waals surface area (Å²) < 4.78 is 3.62. The van der Waals surface area contributed by atoms with Crippen LogP contribution in [0.5, 0.6) is 0 Å². The highest BCUT2D eigenvalue weighted by Gasteiger charge is 2.18. The summed E-state index contributed by atoms with van der Waals surface area (Å²) in [6, 6.07) is 0. The van der Waals surface area contributed by atoms with E-state index in [1.807, 2.05) is 0 Å². The molecule has 0 unspecified atom stereocenters. The third kappa shape index (κ3) is 12.3. The molecule has 0 spiro atoms. The molecule has 0 fully saturated rings. The van der Waals surface area contributed by atoms with E-state index in [1.54, 1.807) is 0 Å². The molecule has 5 heteroatoms. The Morgan fingerprint density at radius 2 is 1.86 bits per heavy atom. The highest BCUT2D eigenvalue weighted by atomic mass is 35.6. The fraction of sp³-hybridized carbons (Fsp3) is 0.778. The van der Waals surface area contributed by atoms with Crippen molar-refractivity contribution in [2.24, 2.45) is 0 Å². The summed E-state index contributed by atoms with van der Waals surface area (Å²) in [6.07, 6.45) is 2.44. The van der Waals surface area contributed by atoms with Crippen LogP contribution in [-0.4, -0.2) is 28.7 Å². The second kappa shape index (κ2) is 8.64. The Kier molecular flexibility index (Phi) is 8.86. The molecule has 82 valence electrons. The molecule has 0 aliphatic rings. The molecule has 2 nitrogen and oxygen atoms in total. The molecule has 0 amide bonds. The zero-order valence-electron chi connectivity index (χ0n) is 7.73. The van der Waals surface area contributed by atoms with Crippen LogP contribution in [0.25, 0.3) is 0 Å². The normalized spacial score (nSPS) is 10.9. The quantitative estimate of drug-likeness (QED) is 0.467. The van der Waals surface area contributed by atoms with Crippen molar-refractivity contribution in [3.63, 3.8) is 0 Å². The van der Waals surface area contributed by atoms with Crippen LogP contribution in [0.4, 0.5) is 0 Å². The van der Waals surface area contributed by atoms with Crippen molar-refractivity contribution in [1.82, 2.24) is 0 Å². The first-order chi connectivity index (χ1) is 6.56. The van der Waals surface area contributed by atoms with Gasteiger partial charge in [-0.2, -0.15) is 0 Å². The van der Waals surface area contributed by atoms with Gasteiger partial charge in [-0.1, -0.05) is 40.7 Å². The van der Waals surface area contributed by atoms with E-state index in [-0.39, 0.29) is 19.8 Å². The fourth-order valence-corrected chi connectivity index (χ4v) is 0.914. The van der Waals surface area contributed by atoms with Gasteiger partial charge in [0.2, 0.25) is 3.79 Å². The van der Waals surface area contributed by atoms with Gasteiger partial charge in [-0.3, -0.25) is 0 Å². The highest BCUT2D eigenvalue weighted by Crippen LogP contribution is 2.25. The van der Waals surface area contributed by atoms with Crippen LogP contribution in [-0.2, 0) is 4.74 Å². The minimum atomic E-state index is -1.36. The second-order valence-electron chi connectivity index (χ2n) is 2.64. The molecule has 0 atom stereocenters. The summed E-state index contributed by atoms with van der Waals surface area (Å²) in [5.74, 6) is 5.68. The maximum absolute atomic E-state index is 8.48. The van der Waals surface area contributed by atoms with Crippen molar-refractivity contribution >= 4 is 34.8 Å². The van der Waals surface area contributed by atoms with Gasteiger partial charge in [-0.25, -0.2) is 0 Å². The Morgan fingerprint density at radius 3 is 2.43 bits per heavy atom. The van der Waals surface area contributed by atoms with Crippen molar-refractivity contribution in [1.29, 1.82) is 0 Å². The topological polar surface area (TPSA) is 29.5 Å². The Morgan fingerprint density at radius 1 is 1.14 bits per heavy atom. The van der Waals surface area contributed by atoms with Crippen LogP contribution in [0.1, 0.15) is 19.3 Å². The number of rotatable bonds is 5. The van der Waals surface area contributed by atoms with Crippen molar-refractivity contribution in [3.05, 3.63) is 0 Å². The molecule has 1 N–H and O–H groups in total. The van der Waals surface area contributed by atoms with E-state index in [1.165, 1.54) is 0 Å². The van der Waals surface area contributed by atoms with Crippen molar-refractivity contribution in [2.45, 2.75) is 23.1 Å². The largest absolute Gasteiger partial charge is 0.396 e. The smallest absolute Gasteiger partial charge is 0.213 e. The van der Waals surface area contributed by atoms with Gasteiger partial charge in [0.25, 0.3) is 0 Å². The van der Waals surface area contributed by atoms with Gasteiger partial charge < -0.3 is 9.84 Å². The van der Waals surface area contributed by atoms with Gasteiger partial charge >= 0.3 is 0 Å². The number of aliphatic hydroxyl groups excluding tert-OH is 1. The number of ether oxygens (including phenoxy) is 1. The lowest BCUT2D eigenvalue weighted by Crippen LogP contribution is -2.12. The van der Waals surface area contributed by atoms with Crippen LogP contribution < -0.4 is 0 Å². The van der Waals surface area contributed by atoms with E-state index < -0.39 is 3.79 Å². The Balaban J connectivity index is 3.26. The second-order valence-corrected chi connectivity index (χ2v) is 5.16. The number of hydrogen-bond donors (Lipinski definition) is 1. The first kappa shape index (κ1) is 14.3. The third-order valence-electron chi connectivity index (χ3n) is 1.27. The molecule has 0 radical (unpaired) electrons. The van der Waals surface area contributed by atoms with Crippen molar-refractivity contribution in [2.75, 3.05) is 19.8 Å². The van der Waals surface area contributed by atoms with Crippen LogP contribution in [0.15, 0.2) is 0 Å². The molecule has 14 heavy (non-hydrogen) atoms. The molecule has 0 rings (SSSR count). The molecule has 0 saturated carbocycles. The summed E-state index contributed by atoms with van der Waals surface area (Å²) in [4.78, 5) is 0. The molecule has 0 aromatic heterocycles. The number of halogens is 3. The first-order valence-corrected chi connectivity index (χ1v) is 5.41. The Bertz CT molecular complexity index is 190. The molecule has 0 bridgehead atoms. The zero-order chi connectivity index (χ0) is 10.9. The summed E-state index contributed by atoms with van der Waals surface area (Å²) >= 11 is 16.3. The lowest BCUT2D eigenvalue weighted by molar-refractivity contribution is 0.173. The standard InChI is InChI=1S/C9H13Cl3O2/c10-9(11,12)8-14-7-5-3-1-2-4-6-13/h13H,1-2,4,6-8H2. The predicted molar refractivity (Wildman–Crippen MR) is 59.8 cm³/mol. The average Bonchev–Trinajstić information content (AvgIpc) is 2.08. The van der Waals surface area contributed by atoms with Crippen LogP contribution in [0.3, 0.4) is 0 Å². The molecule has 0 heterocycles. The SMILES string of the molecule is OCCCCC#CCOCC(Cl)(Cl)Cl. The summed E-state index contributed by atoms with van der Waals surface area (Å²) in [7, 11) is 0. The Hall–Kier alpha value is 0.350. The molecular formula is C9H13Cl3O2. The van der Waals surface area contributed by atoms with Gasteiger partial charge in [0.1, 0.15) is 6.61 Å². The van der Waals surface area contributed by atoms with E-state index in [9.17, 15) is 0 Å². The lowest BCUT2D eigenvalue weighted by Gasteiger charge is -2.08. The monoisotopic (exact) mass is 258 g/mol. The minimum Gasteiger partial charge on any atom is -0.396 e. The van der Waals surface area contributed by atoms with Gasteiger partial charge in [-0.05, 0) is 12.8 Å². The summed E-state index contributed by atoms with van der Waals surface area (Å²) in [6.45, 7) is 0.529. The van der Waals surface area contributed by atoms with E-state index >= 15 is 0 Å². The predicted octanol–water partition coefficient (Wildman–Crippen LogP) is 2.54. The summed E-state index contributed by atoms with van der Waals surface area (Å²) in [5.41, 5.74) is 0. The third-order valence-corrected chi connectivity index (χ3v) is 1.60. The Labute approximate surface area is 99.5 Å². The number of hydrogen-bond acceptors (Lipinski definition) is 2. The van der Waals surface area contributed by atoms with E-state index in [0.717, 1.165) is 19.3 Å². The van der Waals surface area contributed by atoms with E-state index in [0.29, 0.717) is 0 Å². The number of alkyl halides is 3. The van der Waals surface area contributed by atoms with Crippen molar-refractivity contribution in [3.8, 4) is 11.8 Å². The maximum Gasteiger partial charge on any atom is 0.213 e. The van der Waals surface area contributed by atoms with E-state index in [2.05, 4.69) is 11.8 Å². The molecule has 0 aromatic rings. The van der Waals surface area contributed by atoms with Gasteiger partial charge in [-0.15, -0.1) is 5.92 Å².